The van der Waals surface area contributed by atoms with Gasteiger partial charge >= 0.3 is 0 Å². The minimum Gasteiger partial charge on any atom is -0.495 e. The summed E-state index contributed by atoms with van der Waals surface area (Å²) in [6.07, 6.45) is 12.7. The largest absolute Gasteiger partial charge is 0.495 e. The zero-order valence-electron chi connectivity index (χ0n) is 34.4. The number of anilines is 5. The van der Waals surface area contributed by atoms with Crippen molar-refractivity contribution in [3.63, 3.8) is 0 Å². The standard InChI is InChI=1S/C42H58N10O5/c1-8-31-37(55)50(6)32-24-44-39(48-34(32)52(31)28-11-9-10-12-28)47-30-14-13-26(21-33(30)56-7)35(53)43-17-20-57-29-15-18-51(19-16-29)40-45-22-27(23-46-40)36(54)49-38-41(2,3)25-42(38,4)5/h13-14,21-24,28-29,31,38H,8-12,15-20,25H2,1-7H3,(H,43,53)(H,49,54)(H,44,47,48)/t31-/m1/s1. The number of piperidine rings is 1. The lowest BCUT2D eigenvalue weighted by molar-refractivity contribution is -0.120. The molecule has 15 nitrogen and oxygen atoms in total. The van der Waals surface area contributed by atoms with Crippen molar-refractivity contribution in [2.75, 3.05) is 60.4 Å². The average molecular weight is 783 g/mol. The van der Waals surface area contributed by atoms with Gasteiger partial charge in [0.15, 0.2) is 5.82 Å². The van der Waals surface area contributed by atoms with Gasteiger partial charge < -0.3 is 40.1 Å². The second-order valence-corrected chi connectivity index (χ2v) is 17.3. The van der Waals surface area contributed by atoms with Crippen molar-refractivity contribution < 1.29 is 23.9 Å². The van der Waals surface area contributed by atoms with E-state index in [0.717, 1.165) is 63.9 Å². The van der Waals surface area contributed by atoms with Crippen molar-refractivity contribution in [1.82, 2.24) is 30.6 Å². The van der Waals surface area contributed by atoms with Gasteiger partial charge in [-0.1, -0.05) is 47.5 Å². The Morgan fingerprint density at radius 1 is 0.930 bits per heavy atom. The molecule has 1 atom stereocenters. The Hall–Kier alpha value is -5.05. The van der Waals surface area contributed by atoms with Gasteiger partial charge in [-0.3, -0.25) is 14.4 Å². The summed E-state index contributed by atoms with van der Waals surface area (Å²) in [7, 11) is 3.34. The normalized spacial score (nSPS) is 20.9. The minimum atomic E-state index is -0.261. The van der Waals surface area contributed by atoms with E-state index in [1.165, 1.54) is 0 Å². The van der Waals surface area contributed by atoms with E-state index in [9.17, 15) is 14.4 Å². The zero-order valence-corrected chi connectivity index (χ0v) is 34.4. The molecule has 1 saturated heterocycles. The lowest BCUT2D eigenvalue weighted by atomic mass is 9.52. The molecule has 1 aromatic carbocycles. The Morgan fingerprint density at radius 3 is 2.28 bits per heavy atom. The molecule has 3 fully saturated rings. The number of fused-ring (bicyclic) bond motifs is 1. The first kappa shape index (κ1) is 40.2. The SMILES string of the molecule is CC[C@@H]1C(=O)N(C)c2cnc(Nc3ccc(C(=O)NCCOC4CCN(c5ncc(C(=O)NC6C(C)(C)CC6(C)C)cn5)CC4)cc3OC)nc2N1C1CCCC1. The molecule has 306 valence electrons. The van der Waals surface area contributed by atoms with Gasteiger partial charge in [0.25, 0.3) is 11.8 Å². The number of carbonyl (C=O) groups excluding carboxylic acids is 3. The molecule has 0 unspecified atom stereocenters. The summed E-state index contributed by atoms with van der Waals surface area (Å²) in [5.41, 5.74) is 2.37. The molecule has 2 aromatic heterocycles. The van der Waals surface area contributed by atoms with E-state index in [1.807, 2.05) is 6.92 Å². The smallest absolute Gasteiger partial charge is 0.254 e. The van der Waals surface area contributed by atoms with E-state index in [-0.39, 0.29) is 52.8 Å². The number of nitrogens with one attached hydrogen (secondary N) is 3. The van der Waals surface area contributed by atoms with Crippen LogP contribution in [0.15, 0.2) is 36.8 Å². The van der Waals surface area contributed by atoms with Crippen LogP contribution in [0, 0.1) is 10.8 Å². The molecule has 3 amide bonds. The number of ether oxygens (including phenoxy) is 2. The van der Waals surface area contributed by atoms with Crippen LogP contribution in [0.4, 0.5) is 29.1 Å². The first-order valence-corrected chi connectivity index (χ1v) is 20.5. The fraction of sp³-hybridized carbons (Fsp3) is 0.595. The lowest BCUT2D eigenvalue weighted by Gasteiger charge is -2.57. The van der Waals surface area contributed by atoms with Crippen LogP contribution in [0.1, 0.15) is 107 Å². The third-order valence-corrected chi connectivity index (χ3v) is 12.2. The summed E-state index contributed by atoms with van der Waals surface area (Å²) >= 11 is 0. The predicted molar refractivity (Wildman–Crippen MR) is 220 cm³/mol. The van der Waals surface area contributed by atoms with Crippen LogP contribution in [-0.2, 0) is 9.53 Å². The second-order valence-electron chi connectivity index (χ2n) is 17.3. The highest BCUT2D eigenvalue weighted by molar-refractivity contribution is 6.04. The van der Waals surface area contributed by atoms with Gasteiger partial charge in [-0.25, -0.2) is 15.0 Å². The molecule has 3 aromatic rings. The Morgan fingerprint density at radius 2 is 1.63 bits per heavy atom. The monoisotopic (exact) mass is 782 g/mol. The number of rotatable bonds is 13. The molecule has 0 radical (unpaired) electrons. The van der Waals surface area contributed by atoms with Gasteiger partial charge in [-0.2, -0.15) is 4.98 Å². The van der Waals surface area contributed by atoms with E-state index in [0.29, 0.717) is 59.7 Å². The number of carbonyl (C=O) groups is 3. The Labute approximate surface area is 335 Å². The molecule has 4 heterocycles. The maximum Gasteiger partial charge on any atom is 0.254 e. The number of nitrogens with zero attached hydrogens (tertiary/aromatic N) is 7. The van der Waals surface area contributed by atoms with Gasteiger partial charge in [-0.15, -0.1) is 0 Å². The fourth-order valence-electron chi connectivity index (χ4n) is 9.73. The Bertz CT molecular complexity index is 1930. The summed E-state index contributed by atoms with van der Waals surface area (Å²) in [6, 6.07) is 5.31. The molecule has 2 saturated carbocycles. The first-order chi connectivity index (χ1) is 27.3. The molecule has 57 heavy (non-hydrogen) atoms. The van der Waals surface area contributed by atoms with Gasteiger partial charge in [0, 0.05) is 56.7 Å². The molecule has 2 aliphatic heterocycles. The molecule has 15 heteroatoms. The van der Waals surface area contributed by atoms with E-state index >= 15 is 0 Å². The van der Waals surface area contributed by atoms with E-state index in [1.54, 1.807) is 55.8 Å². The summed E-state index contributed by atoms with van der Waals surface area (Å²) in [5.74, 6) is 1.92. The minimum absolute atomic E-state index is 0.0626. The highest BCUT2D eigenvalue weighted by atomic mass is 16.5. The molecular weight excluding hydrogens is 725 g/mol. The predicted octanol–water partition coefficient (Wildman–Crippen LogP) is 5.49. The maximum atomic E-state index is 13.3. The number of aromatic nitrogens is 4. The number of methoxy groups -OCH3 is 1. The molecule has 7 rings (SSSR count). The molecule has 4 aliphatic rings. The molecule has 2 aliphatic carbocycles. The third-order valence-electron chi connectivity index (χ3n) is 12.2. The maximum absolute atomic E-state index is 13.3. The van der Waals surface area contributed by atoms with Crippen molar-refractivity contribution in [2.24, 2.45) is 10.8 Å². The quantitative estimate of drug-likeness (QED) is 0.187. The fourth-order valence-corrected chi connectivity index (χ4v) is 9.73. The van der Waals surface area contributed by atoms with Crippen molar-refractivity contribution in [3.05, 3.63) is 47.9 Å². The Kier molecular flexibility index (Phi) is 11.6. The number of hydrogen-bond acceptors (Lipinski definition) is 12. The molecular formula is C42H58N10O5. The number of likely N-dealkylation sites (N-methyl/N-ethyl adjacent to an activating group) is 1. The van der Waals surface area contributed by atoms with Gasteiger partial charge in [0.1, 0.15) is 17.5 Å². The lowest BCUT2D eigenvalue weighted by Crippen LogP contribution is -2.63. The third kappa shape index (κ3) is 8.35. The van der Waals surface area contributed by atoms with E-state index < -0.39 is 0 Å². The topological polar surface area (TPSA) is 167 Å². The molecule has 0 bridgehead atoms. The number of hydrogen-bond donors (Lipinski definition) is 3. The van der Waals surface area contributed by atoms with Crippen LogP contribution < -0.4 is 35.4 Å². The van der Waals surface area contributed by atoms with Crippen molar-refractivity contribution in [3.8, 4) is 5.75 Å². The number of benzene rings is 1. The van der Waals surface area contributed by atoms with Crippen LogP contribution in [0.25, 0.3) is 0 Å². The van der Waals surface area contributed by atoms with Gasteiger partial charge in [0.2, 0.25) is 17.8 Å². The van der Waals surface area contributed by atoms with Crippen molar-refractivity contribution in [2.45, 2.75) is 110 Å². The number of amides is 3. The van der Waals surface area contributed by atoms with Gasteiger partial charge in [0.05, 0.1) is 37.3 Å². The van der Waals surface area contributed by atoms with E-state index in [2.05, 4.69) is 68.4 Å². The summed E-state index contributed by atoms with van der Waals surface area (Å²) in [6.45, 7) is 13.0. The highest BCUT2D eigenvalue weighted by Crippen LogP contribution is 2.53. The van der Waals surface area contributed by atoms with Crippen LogP contribution in [-0.4, -0.2) is 102 Å². The van der Waals surface area contributed by atoms with Crippen molar-refractivity contribution in [1.29, 1.82) is 0 Å². The van der Waals surface area contributed by atoms with E-state index in [4.69, 9.17) is 14.5 Å². The average Bonchev–Trinajstić information content (AvgIpc) is 3.74. The van der Waals surface area contributed by atoms with Crippen LogP contribution in [0.2, 0.25) is 0 Å². The summed E-state index contributed by atoms with van der Waals surface area (Å²) in [5, 5.41) is 9.43. The molecule has 3 N–H and O–H groups in total. The second kappa shape index (κ2) is 16.4. The zero-order chi connectivity index (χ0) is 40.5. The van der Waals surface area contributed by atoms with Crippen LogP contribution >= 0.6 is 0 Å². The molecule has 0 spiro atoms. The summed E-state index contributed by atoms with van der Waals surface area (Å²) in [4.78, 5) is 63.8. The van der Waals surface area contributed by atoms with Crippen molar-refractivity contribution >= 4 is 46.8 Å². The van der Waals surface area contributed by atoms with Crippen LogP contribution in [0.5, 0.6) is 5.75 Å². The summed E-state index contributed by atoms with van der Waals surface area (Å²) < 4.78 is 11.8. The first-order valence-electron chi connectivity index (χ1n) is 20.5. The van der Waals surface area contributed by atoms with Crippen LogP contribution in [0.3, 0.4) is 0 Å². The highest BCUT2D eigenvalue weighted by Gasteiger charge is 2.53. The Balaban J connectivity index is 0.874. The van der Waals surface area contributed by atoms with Gasteiger partial charge in [-0.05, 0) is 67.6 Å².